The lowest BCUT2D eigenvalue weighted by atomic mass is 10.2. The van der Waals surface area contributed by atoms with Gasteiger partial charge in [0.15, 0.2) is 0 Å². The Morgan fingerprint density at radius 1 is 1.32 bits per heavy atom. The first-order valence-corrected chi connectivity index (χ1v) is 7.70. The molecule has 0 saturated heterocycles. The molecule has 4 heteroatoms. The van der Waals surface area contributed by atoms with Crippen molar-refractivity contribution in [2.24, 2.45) is 5.92 Å². The normalized spacial score (nSPS) is 11.5. The molecule has 2 aromatic rings. The Kier molecular flexibility index (Phi) is 5.76. The maximum Gasteiger partial charge on any atom is 0.108 e. The van der Waals surface area contributed by atoms with Crippen molar-refractivity contribution in [3.63, 3.8) is 0 Å². The van der Waals surface area contributed by atoms with Crippen LogP contribution < -0.4 is 5.32 Å². The van der Waals surface area contributed by atoms with Crippen LogP contribution in [0.25, 0.3) is 10.2 Å². The average Bonchev–Trinajstić information content (AvgIpc) is 2.79. The molecule has 1 aromatic carbocycles. The molecule has 1 heterocycles. The predicted octanol–water partition coefficient (Wildman–Crippen LogP) is 3.45. The number of aromatic nitrogens is 1. The number of hydrogen-bond acceptors (Lipinski definition) is 4. The summed E-state index contributed by atoms with van der Waals surface area (Å²) in [5.41, 5.74) is 1.10. The molecule has 0 fully saturated rings. The van der Waals surface area contributed by atoms with Gasteiger partial charge in [-0.2, -0.15) is 0 Å². The van der Waals surface area contributed by atoms with Crippen molar-refractivity contribution in [3.8, 4) is 0 Å². The number of hydrogen-bond donors (Lipinski definition) is 1. The summed E-state index contributed by atoms with van der Waals surface area (Å²) in [6.45, 7) is 7.87. The highest BCUT2D eigenvalue weighted by molar-refractivity contribution is 7.18. The standard InChI is InChI=1S/C15H22N2OS/c1-12(2)11-18-9-5-8-16-10-15-17-13-6-3-4-7-14(13)19-15/h3-4,6-7,12,16H,5,8-11H2,1-2H3. The van der Waals surface area contributed by atoms with Gasteiger partial charge in [-0.25, -0.2) is 4.98 Å². The van der Waals surface area contributed by atoms with Gasteiger partial charge < -0.3 is 10.1 Å². The molecule has 0 bridgehead atoms. The van der Waals surface area contributed by atoms with E-state index in [1.165, 1.54) is 4.70 Å². The molecule has 0 aliphatic heterocycles. The number of nitrogens with one attached hydrogen (secondary N) is 1. The van der Waals surface area contributed by atoms with Crippen molar-refractivity contribution in [3.05, 3.63) is 29.3 Å². The Hall–Kier alpha value is -0.970. The van der Waals surface area contributed by atoms with Gasteiger partial charge in [-0.1, -0.05) is 26.0 Å². The molecule has 0 atom stereocenters. The minimum atomic E-state index is 0.621. The highest BCUT2D eigenvalue weighted by atomic mass is 32.1. The zero-order valence-corrected chi connectivity index (χ0v) is 12.5. The van der Waals surface area contributed by atoms with Crippen LogP contribution in [0.15, 0.2) is 24.3 Å². The molecule has 104 valence electrons. The second-order valence-electron chi connectivity index (χ2n) is 5.07. The fourth-order valence-electron chi connectivity index (χ4n) is 1.81. The van der Waals surface area contributed by atoms with E-state index in [9.17, 15) is 0 Å². The fourth-order valence-corrected chi connectivity index (χ4v) is 2.75. The quantitative estimate of drug-likeness (QED) is 0.751. The van der Waals surface area contributed by atoms with Crippen LogP contribution in [-0.2, 0) is 11.3 Å². The van der Waals surface area contributed by atoms with Crippen LogP contribution in [0.2, 0.25) is 0 Å². The van der Waals surface area contributed by atoms with Crippen LogP contribution in [-0.4, -0.2) is 24.7 Å². The Bertz CT molecular complexity index is 463. The molecule has 0 aliphatic rings. The van der Waals surface area contributed by atoms with Gasteiger partial charge in [0.05, 0.1) is 10.2 Å². The van der Waals surface area contributed by atoms with Crippen LogP contribution in [0, 0.1) is 5.92 Å². The summed E-state index contributed by atoms with van der Waals surface area (Å²) in [5.74, 6) is 0.621. The summed E-state index contributed by atoms with van der Waals surface area (Å²) in [6.07, 6.45) is 1.05. The Morgan fingerprint density at radius 2 is 2.16 bits per heavy atom. The van der Waals surface area contributed by atoms with Gasteiger partial charge in [-0.3, -0.25) is 0 Å². The second-order valence-corrected chi connectivity index (χ2v) is 6.19. The molecule has 0 radical (unpaired) electrons. The smallest absolute Gasteiger partial charge is 0.108 e. The van der Waals surface area contributed by atoms with E-state index in [1.807, 2.05) is 6.07 Å². The molecule has 2 rings (SSSR count). The van der Waals surface area contributed by atoms with E-state index in [0.717, 1.165) is 43.2 Å². The number of benzene rings is 1. The van der Waals surface area contributed by atoms with Crippen LogP contribution in [0.4, 0.5) is 0 Å². The lowest BCUT2D eigenvalue weighted by Crippen LogP contribution is -2.16. The minimum Gasteiger partial charge on any atom is -0.381 e. The van der Waals surface area contributed by atoms with Crippen molar-refractivity contribution in [1.82, 2.24) is 10.3 Å². The SMILES string of the molecule is CC(C)COCCCNCc1nc2ccccc2s1. The summed E-state index contributed by atoms with van der Waals surface area (Å²) >= 11 is 1.76. The van der Waals surface area contributed by atoms with E-state index in [1.54, 1.807) is 11.3 Å². The van der Waals surface area contributed by atoms with E-state index < -0.39 is 0 Å². The molecule has 0 spiro atoms. The lowest BCUT2D eigenvalue weighted by molar-refractivity contribution is 0.108. The number of para-hydroxylation sites is 1. The highest BCUT2D eigenvalue weighted by Crippen LogP contribution is 2.21. The second kappa shape index (κ2) is 7.58. The van der Waals surface area contributed by atoms with E-state index in [2.05, 4.69) is 42.3 Å². The van der Waals surface area contributed by atoms with Crippen molar-refractivity contribution in [2.45, 2.75) is 26.8 Å². The first kappa shape index (κ1) is 14.4. The van der Waals surface area contributed by atoms with E-state index >= 15 is 0 Å². The largest absolute Gasteiger partial charge is 0.381 e. The molecule has 3 nitrogen and oxygen atoms in total. The lowest BCUT2D eigenvalue weighted by Gasteiger charge is -2.06. The molecule has 0 aliphatic carbocycles. The van der Waals surface area contributed by atoms with E-state index in [4.69, 9.17) is 4.74 Å². The first-order valence-electron chi connectivity index (χ1n) is 6.88. The number of rotatable bonds is 8. The molecular weight excluding hydrogens is 256 g/mol. The van der Waals surface area contributed by atoms with Crippen molar-refractivity contribution < 1.29 is 4.74 Å². The first-order chi connectivity index (χ1) is 9.25. The van der Waals surface area contributed by atoms with Gasteiger partial charge in [0.1, 0.15) is 5.01 Å². The molecule has 19 heavy (non-hydrogen) atoms. The minimum absolute atomic E-state index is 0.621. The van der Waals surface area contributed by atoms with Gasteiger partial charge in [0.25, 0.3) is 0 Å². The Balaban J connectivity index is 1.63. The summed E-state index contributed by atoms with van der Waals surface area (Å²) in [7, 11) is 0. The van der Waals surface area contributed by atoms with Crippen LogP contribution in [0.3, 0.4) is 0 Å². The molecular formula is C15H22N2OS. The third-order valence-corrected chi connectivity index (χ3v) is 3.74. The number of nitrogens with zero attached hydrogens (tertiary/aromatic N) is 1. The maximum atomic E-state index is 5.54. The zero-order chi connectivity index (χ0) is 13.5. The fraction of sp³-hybridized carbons (Fsp3) is 0.533. The van der Waals surface area contributed by atoms with Gasteiger partial charge in [-0.15, -0.1) is 11.3 Å². The van der Waals surface area contributed by atoms with Crippen molar-refractivity contribution in [1.29, 1.82) is 0 Å². The summed E-state index contributed by atoms with van der Waals surface area (Å²) in [4.78, 5) is 4.59. The summed E-state index contributed by atoms with van der Waals surface area (Å²) < 4.78 is 6.81. The third-order valence-electron chi connectivity index (χ3n) is 2.71. The number of ether oxygens (including phenoxy) is 1. The third kappa shape index (κ3) is 4.90. The van der Waals surface area contributed by atoms with Crippen LogP contribution in [0.1, 0.15) is 25.3 Å². The van der Waals surface area contributed by atoms with Crippen LogP contribution >= 0.6 is 11.3 Å². The number of thiazole rings is 1. The van der Waals surface area contributed by atoms with Gasteiger partial charge in [-0.05, 0) is 31.0 Å². The Morgan fingerprint density at radius 3 is 2.95 bits per heavy atom. The molecule has 1 N–H and O–H groups in total. The molecule has 1 aromatic heterocycles. The van der Waals surface area contributed by atoms with E-state index in [-0.39, 0.29) is 0 Å². The van der Waals surface area contributed by atoms with Gasteiger partial charge >= 0.3 is 0 Å². The molecule has 0 saturated carbocycles. The van der Waals surface area contributed by atoms with Gasteiger partial charge in [0, 0.05) is 19.8 Å². The molecule has 0 amide bonds. The zero-order valence-electron chi connectivity index (χ0n) is 11.7. The monoisotopic (exact) mass is 278 g/mol. The maximum absolute atomic E-state index is 5.54. The topological polar surface area (TPSA) is 34.1 Å². The van der Waals surface area contributed by atoms with Crippen molar-refractivity contribution in [2.75, 3.05) is 19.8 Å². The summed E-state index contributed by atoms with van der Waals surface area (Å²) in [6, 6.07) is 8.28. The van der Waals surface area contributed by atoms with Crippen LogP contribution in [0.5, 0.6) is 0 Å². The van der Waals surface area contributed by atoms with Crippen molar-refractivity contribution >= 4 is 21.6 Å². The Labute approximate surface area is 119 Å². The van der Waals surface area contributed by atoms with Gasteiger partial charge in [0.2, 0.25) is 0 Å². The summed E-state index contributed by atoms with van der Waals surface area (Å²) in [5, 5.41) is 4.58. The number of fused-ring (bicyclic) bond motifs is 1. The highest BCUT2D eigenvalue weighted by Gasteiger charge is 2.02. The van der Waals surface area contributed by atoms with E-state index in [0.29, 0.717) is 5.92 Å². The molecule has 0 unspecified atom stereocenters. The predicted molar refractivity (Wildman–Crippen MR) is 81.6 cm³/mol. The average molecular weight is 278 g/mol.